The second-order valence-electron chi connectivity index (χ2n) is 1.68. The average molecular weight is 156 g/mol. The van der Waals surface area contributed by atoms with Crippen molar-refractivity contribution in [3.05, 3.63) is 0 Å². The average Bonchev–Trinajstić information content (AvgIpc) is 1.80. The molecule has 0 aliphatic heterocycles. The molecule has 0 saturated heterocycles. The molecule has 0 saturated carbocycles. The molecule has 0 aromatic carbocycles. The fourth-order valence-corrected chi connectivity index (χ4v) is 0.278. The van der Waals surface area contributed by atoms with Crippen LogP contribution in [0.2, 0.25) is 0 Å². The summed E-state index contributed by atoms with van der Waals surface area (Å²) < 4.78 is 38.7. The third-order valence-electron chi connectivity index (χ3n) is 0.875. The summed E-state index contributed by atoms with van der Waals surface area (Å²) in [5.41, 5.74) is 0. The van der Waals surface area contributed by atoms with Gasteiger partial charge in [0.2, 0.25) is 0 Å². The summed E-state index contributed by atoms with van der Waals surface area (Å²) in [4.78, 5) is 9.54. The summed E-state index contributed by atoms with van der Waals surface area (Å²) >= 11 is 0. The Morgan fingerprint density at radius 2 is 2.10 bits per heavy atom. The van der Waals surface area contributed by atoms with E-state index in [4.69, 9.17) is 0 Å². The van der Waals surface area contributed by atoms with Crippen LogP contribution in [0.15, 0.2) is 0 Å². The summed E-state index contributed by atoms with van der Waals surface area (Å²) in [6, 6.07) is 0. The van der Waals surface area contributed by atoms with E-state index >= 15 is 0 Å². The largest absolute Gasteiger partial charge is 0.414 e. The van der Waals surface area contributed by atoms with Crippen molar-refractivity contribution in [3.63, 3.8) is 0 Å². The maximum atomic E-state index is 11.5. The van der Waals surface area contributed by atoms with Gasteiger partial charge in [0.05, 0.1) is 0 Å². The van der Waals surface area contributed by atoms with E-state index in [2.05, 4.69) is 4.74 Å². The number of hydrogen-bond donors (Lipinski definition) is 0. The maximum absolute atomic E-state index is 11.5. The fourth-order valence-electron chi connectivity index (χ4n) is 0.278. The topological polar surface area (TPSA) is 26.3 Å². The van der Waals surface area contributed by atoms with Gasteiger partial charge in [0.25, 0.3) is 0 Å². The van der Waals surface area contributed by atoms with Gasteiger partial charge in [0.15, 0.2) is 6.10 Å². The summed E-state index contributed by atoms with van der Waals surface area (Å²) in [6.45, 7) is 0.337. The molecule has 0 bridgehead atoms. The zero-order valence-corrected chi connectivity index (χ0v) is 5.31. The van der Waals surface area contributed by atoms with Crippen molar-refractivity contribution in [1.82, 2.24) is 0 Å². The van der Waals surface area contributed by atoms with E-state index in [1.165, 1.54) is 0 Å². The van der Waals surface area contributed by atoms with Crippen molar-refractivity contribution in [3.8, 4) is 0 Å². The number of rotatable bonds is 3. The molecule has 0 aliphatic rings. The van der Waals surface area contributed by atoms with Crippen LogP contribution in [0.25, 0.3) is 0 Å². The van der Waals surface area contributed by atoms with Crippen molar-refractivity contribution >= 4 is 6.29 Å². The lowest BCUT2D eigenvalue weighted by Gasteiger charge is -2.13. The number of aldehydes is 1. The smallest absolute Gasteiger partial charge is 0.362 e. The van der Waals surface area contributed by atoms with Crippen molar-refractivity contribution in [2.45, 2.75) is 19.2 Å². The first kappa shape index (κ1) is 9.42. The van der Waals surface area contributed by atoms with Gasteiger partial charge in [0, 0.05) is 0 Å². The lowest BCUT2D eigenvalue weighted by atomic mass is 10.4. The van der Waals surface area contributed by atoms with E-state index in [-0.39, 0.29) is 6.29 Å². The van der Waals surface area contributed by atoms with Crippen molar-refractivity contribution in [1.29, 1.82) is 0 Å². The molecule has 1 unspecified atom stereocenters. The molecule has 60 valence electrons. The highest BCUT2D eigenvalue weighted by atomic mass is 19.4. The van der Waals surface area contributed by atoms with Gasteiger partial charge in [-0.05, 0) is 6.92 Å². The van der Waals surface area contributed by atoms with Crippen LogP contribution in [0.3, 0.4) is 0 Å². The van der Waals surface area contributed by atoms with Crippen LogP contribution in [0.5, 0.6) is 0 Å². The van der Waals surface area contributed by atoms with Crippen LogP contribution in [0, 0.1) is 0 Å². The number of ether oxygens (including phenoxy) is 1. The summed E-state index contributed by atoms with van der Waals surface area (Å²) in [7, 11) is 0. The second-order valence-corrected chi connectivity index (χ2v) is 1.68. The third kappa shape index (κ3) is 3.45. The summed E-state index contributed by atoms with van der Waals surface area (Å²) in [5, 5.41) is 0. The highest BCUT2D eigenvalue weighted by Gasteiger charge is 2.36. The van der Waals surface area contributed by atoms with Crippen LogP contribution < -0.4 is 0 Å². The van der Waals surface area contributed by atoms with Gasteiger partial charge in [-0.3, -0.25) is 0 Å². The molecule has 0 radical (unpaired) electrons. The van der Waals surface area contributed by atoms with Gasteiger partial charge < -0.3 is 9.53 Å². The van der Waals surface area contributed by atoms with Gasteiger partial charge in [0.1, 0.15) is 12.9 Å². The molecule has 0 spiro atoms. The minimum Gasteiger partial charge on any atom is -0.362 e. The van der Waals surface area contributed by atoms with Crippen molar-refractivity contribution < 1.29 is 22.7 Å². The Balaban J connectivity index is 3.61. The first-order chi connectivity index (χ1) is 4.48. The Labute approximate surface area is 56.0 Å². The first-order valence-electron chi connectivity index (χ1n) is 2.60. The Kier molecular flexibility index (Phi) is 3.35. The van der Waals surface area contributed by atoms with E-state index in [0.29, 0.717) is 0 Å². The molecular weight excluding hydrogens is 149 g/mol. The minimum atomic E-state index is -4.37. The third-order valence-corrected chi connectivity index (χ3v) is 0.875. The highest BCUT2D eigenvalue weighted by molar-refractivity contribution is 5.50. The number of halogens is 3. The van der Waals surface area contributed by atoms with Crippen LogP contribution in [0.1, 0.15) is 6.92 Å². The zero-order valence-electron chi connectivity index (χ0n) is 5.31. The van der Waals surface area contributed by atoms with Crippen LogP contribution in [-0.4, -0.2) is 25.2 Å². The Morgan fingerprint density at radius 1 is 1.60 bits per heavy atom. The molecule has 0 aliphatic carbocycles. The normalized spacial score (nSPS) is 14.8. The maximum Gasteiger partial charge on any atom is 0.414 e. The van der Waals surface area contributed by atoms with Crippen LogP contribution in [0.4, 0.5) is 13.2 Å². The van der Waals surface area contributed by atoms with Crippen LogP contribution >= 0.6 is 0 Å². The number of carbonyl (C=O) groups excluding carboxylic acids is 1. The zero-order chi connectivity index (χ0) is 8.20. The SMILES string of the molecule is CC(OCC=O)C(F)(F)F. The molecule has 0 N–H and O–H groups in total. The van der Waals surface area contributed by atoms with E-state index in [1.807, 2.05) is 0 Å². The molecule has 0 fully saturated rings. The Morgan fingerprint density at radius 3 is 2.40 bits per heavy atom. The molecular formula is C5H7F3O2. The van der Waals surface area contributed by atoms with E-state index < -0.39 is 18.9 Å². The van der Waals surface area contributed by atoms with Gasteiger partial charge in [-0.1, -0.05) is 0 Å². The standard InChI is InChI=1S/C5H7F3O2/c1-4(5(6,7)8)10-3-2-9/h2,4H,3H2,1H3. The summed E-state index contributed by atoms with van der Waals surface area (Å²) in [6.07, 6.45) is -5.96. The van der Waals surface area contributed by atoms with E-state index in [0.717, 1.165) is 6.92 Å². The number of alkyl halides is 3. The number of hydrogen-bond acceptors (Lipinski definition) is 2. The van der Waals surface area contributed by atoms with Gasteiger partial charge >= 0.3 is 6.18 Å². The quantitative estimate of drug-likeness (QED) is 0.573. The molecule has 5 heteroatoms. The van der Waals surface area contributed by atoms with Gasteiger partial charge in [-0.2, -0.15) is 13.2 Å². The second kappa shape index (κ2) is 3.55. The van der Waals surface area contributed by atoms with Crippen molar-refractivity contribution in [2.24, 2.45) is 0 Å². The van der Waals surface area contributed by atoms with Gasteiger partial charge in [-0.15, -0.1) is 0 Å². The predicted molar refractivity (Wildman–Crippen MR) is 27.5 cm³/mol. The molecule has 0 rings (SSSR count). The molecule has 0 heterocycles. The molecule has 2 nitrogen and oxygen atoms in total. The Hall–Kier alpha value is -0.580. The van der Waals surface area contributed by atoms with Crippen molar-refractivity contribution in [2.75, 3.05) is 6.61 Å². The van der Waals surface area contributed by atoms with E-state index in [9.17, 15) is 18.0 Å². The highest BCUT2D eigenvalue weighted by Crippen LogP contribution is 2.21. The van der Waals surface area contributed by atoms with Crippen LogP contribution in [-0.2, 0) is 9.53 Å². The molecule has 0 aromatic heterocycles. The van der Waals surface area contributed by atoms with E-state index in [1.54, 1.807) is 0 Å². The molecule has 1 atom stereocenters. The predicted octanol–water partition coefficient (Wildman–Crippen LogP) is 1.15. The molecule has 0 aromatic rings. The minimum absolute atomic E-state index is 0.280. The molecule has 0 amide bonds. The lowest BCUT2D eigenvalue weighted by molar-refractivity contribution is -0.212. The number of carbonyl (C=O) groups is 1. The lowest BCUT2D eigenvalue weighted by Crippen LogP contribution is -2.28. The fraction of sp³-hybridized carbons (Fsp3) is 0.800. The molecule has 10 heavy (non-hydrogen) atoms. The summed E-state index contributed by atoms with van der Waals surface area (Å²) in [5.74, 6) is 0. The Bertz CT molecular complexity index is 110. The monoisotopic (exact) mass is 156 g/mol. The van der Waals surface area contributed by atoms with Gasteiger partial charge in [-0.25, -0.2) is 0 Å². The first-order valence-corrected chi connectivity index (χ1v) is 2.60.